The number of nitrogens with two attached hydrogens (primary N) is 1. The van der Waals surface area contributed by atoms with Gasteiger partial charge in [-0.05, 0) is 18.9 Å². The maximum Gasteiger partial charge on any atom is 0.352 e. The molecule has 0 spiro atoms. The molecule has 5 atom stereocenters. The Morgan fingerprint density at radius 3 is 2.50 bits per heavy atom. The molecule has 9 nitrogen and oxygen atoms in total. The Hall–Kier alpha value is -1.78. The summed E-state index contributed by atoms with van der Waals surface area (Å²) in [5, 5.41) is 17.7. The topological polar surface area (TPSA) is 150 Å². The predicted molar refractivity (Wildman–Crippen MR) is 75.3 cm³/mol. The molecule has 0 radical (unpaired) electrons. The molecule has 0 aromatic rings. The number of fused-ring (bicyclic) bond motifs is 1. The number of rotatable bonds is 5. The second kappa shape index (κ2) is 5.78. The number of aliphatic hydroxyl groups is 1. The molecule has 5 unspecified atom stereocenters. The Balaban J connectivity index is 2.46. The lowest BCUT2D eigenvalue weighted by atomic mass is 9.83. The summed E-state index contributed by atoms with van der Waals surface area (Å²) in [5.41, 5.74) is 1.62. The number of hydrazine groups is 1. The molecule has 1 saturated heterocycles. The summed E-state index contributed by atoms with van der Waals surface area (Å²) < 4.78 is 11.8. The van der Waals surface area contributed by atoms with Gasteiger partial charge >= 0.3 is 5.97 Å². The van der Waals surface area contributed by atoms with Crippen LogP contribution in [0.25, 0.3) is 0 Å². The van der Waals surface area contributed by atoms with E-state index in [-0.39, 0.29) is 17.7 Å². The largest absolute Gasteiger partial charge is 0.477 e. The van der Waals surface area contributed by atoms with Crippen LogP contribution in [0.4, 0.5) is 0 Å². The molecular formula is C12H17N3O6S. The summed E-state index contributed by atoms with van der Waals surface area (Å²) in [6.07, 6.45) is 0.397. The molecule has 10 heteroatoms. The molecule has 0 saturated carbocycles. The fraction of sp³-hybridized carbons (Fsp3) is 0.583. The van der Waals surface area contributed by atoms with Crippen LogP contribution in [0.2, 0.25) is 0 Å². The van der Waals surface area contributed by atoms with Gasteiger partial charge in [-0.25, -0.2) is 10.6 Å². The molecule has 2 rings (SSSR count). The van der Waals surface area contributed by atoms with Gasteiger partial charge in [-0.1, -0.05) is 0 Å². The van der Waals surface area contributed by atoms with E-state index in [1.54, 1.807) is 0 Å². The summed E-state index contributed by atoms with van der Waals surface area (Å²) in [7, 11) is -1.71. The Bertz CT molecular complexity index is 602. The van der Waals surface area contributed by atoms with Gasteiger partial charge in [0.2, 0.25) is 5.91 Å². The lowest BCUT2D eigenvalue weighted by molar-refractivity contribution is -0.161. The number of β-lactam (4-membered cyclic amide) rings is 1. The van der Waals surface area contributed by atoms with Crippen LogP contribution < -0.4 is 11.3 Å². The van der Waals surface area contributed by atoms with Crippen molar-refractivity contribution < 1.29 is 28.8 Å². The number of nitrogens with zero attached hydrogens (tertiary/aromatic N) is 1. The molecule has 2 heterocycles. The van der Waals surface area contributed by atoms with Crippen molar-refractivity contribution in [3.8, 4) is 0 Å². The first-order chi connectivity index (χ1) is 10.2. The van der Waals surface area contributed by atoms with E-state index in [2.05, 4.69) is 0 Å². The van der Waals surface area contributed by atoms with Crippen LogP contribution in [0.1, 0.15) is 13.3 Å². The number of hydrogen-bond donors (Lipinski definition) is 4. The summed E-state index contributed by atoms with van der Waals surface area (Å²) in [4.78, 5) is 36.4. The van der Waals surface area contributed by atoms with E-state index in [1.165, 1.54) is 13.2 Å². The lowest BCUT2D eigenvalue weighted by Gasteiger charge is -2.44. The van der Waals surface area contributed by atoms with Gasteiger partial charge in [0.15, 0.2) is 0 Å². The van der Waals surface area contributed by atoms with E-state index in [0.29, 0.717) is 0 Å². The molecule has 2 aliphatic rings. The van der Waals surface area contributed by atoms with Crippen molar-refractivity contribution in [3.63, 3.8) is 0 Å². The summed E-state index contributed by atoms with van der Waals surface area (Å²) >= 11 is 0. The first-order valence-electron chi connectivity index (χ1n) is 6.52. The number of carbonyl (C=O) groups excluding carboxylic acids is 2. The maximum atomic E-state index is 12.0. The Kier molecular flexibility index (Phi) is 4.36. The predicted octanol–water partition coefficient (Wildman–Crippen LogP) is -2.33. The molecule has 0 bridgehead atoms. The van der Waals surface area contributed by atoms with Gasteiger partial charge in [0.05, 0.1) is 18.1 Å². The highest BCUT2D eigenvalue weighted by Gasteiger charge is 2.58. The number of hydrogen-bond acceptors (Lipinski definition) is 6. The molecular weight excluding hydrogens is 314 g/mol. The van der Waals surface area contributed by atoms with Gasteiger partial charge in [-0.3, -0.25) is 19.2 Å². The minimum Gasteiger partial charge on any atom is -0.477 e. The van der Waals surface area contributed by atoms with Crippen molar-refractivity contribution in [1.29, 1.82) is 0 Å². The first-order valence-corrected chi connectivity index (χ1v) is 8.14. The number of aliphatic hydroxyl groups excluding tert-OH is 1. The average Bonchev–Trinajstić information content (AvgIpc) is 2.73. The highest BCUT2D eigenvalue weighted by molar-refractivity contribution is 7.86. The van der Waals surface area contributed by atoms with Crippen molar-refractivity contribution in [2.45, 2.75) is 30.7 Å². The molecule has 22 heavy (non-hydrogen) atoms. The number of carbonyl (C=O) groups is 3. The Labute approximate surface area is 128 Å². The van der Waals surface area contributed by atoms with Gasteiger partial charge in [-0.15, -0.1) is 0 Å². The maximum absolute atomic E-state index is 12.0. The van der Waals surface area contributed by atoms with Crippen molar-refractivity contribution in [2.24, 2.45) is 11.8 Å². The quantitative estimate of drug-likeness (QED) is 0.191. The standard InChI is InChI=1S/C12H17N3O6S/c1-4(16)7-6-3-5(9(22(2)21)10(17)14-13)8(12(19)20)15(6)11(7)18/h4,6-7,9,16H,3,13H2,1-2H3,(H,14,17)(H,19,20). The first kappa shape index (κ1) is 16.6. The molecule has 5 N–H and O–H groups in total. The van der Waals surface area contributed by atoms with Gasteiger partial charge in [0.1, 0.15) is 10.9 Å². The summed E-state index contributed by atoms with van der Waals surface area (Å²) in [6.45, 7) is 1.44. The molecule has 0 aliphatic carbocycles. The highest BCUT2D eigenvalue weighted by atomic mass is 32.2. The highest BCUT2D eigenvalue weighted by Crippen LogP contribution is 2.45. The summed E-state index contributed by atoms with van der Waals surface area (Å²) in [6, 6.07) is -0.537. The Morgan fingerprint density at radius 1 is 1.50 bits per heavy atom. The second-order valence-electron chi connectivity index (χ2n) is 5.31. The third-order valence-corrected chi connectivity index (χ3v) is 5.16. The molecule has 2 aliphatic heterocycles. The number of aliphatic carboxylic acids is 1. The fourth-order valence-corrected chi connectivity index (χ4v) is 4.10. The van der Waals surface area contributed by atoms with Crippen molar-refractivity contribution in [3.05, 3.63) is 11.3 Å². The van der Waals surface area contributed by atoms with E-state index in [0.717, 1.165) is 4.90 Å². The Morgan fingerprint density at radius 2 is 2.09 bits per heavy atom. The minimum absolute atomic E-state index is 0.0700. The minimum atomic E-state index is -1.71. The van der Waals surface area contributed by atoms with Crippen LogP contribution in [-0.2, 0) is 25.2 Å². The van der Waals surface area contributed by atoms with Crippen LogP contribution >= 0.6 is 0 Å². The monoisotopic (exact) mass is 331 g/mol. The third kappa shape index (κ3) is 2.32. The van der Waals surface area contributed by atoms with Crippen LogP contribution in [-0.4, -0.2) is 60.8 Å². The smallest absolute Gasteiger partial charge is 0.352 e. The summed E-state index contributed by atoms with van der Waals surface area (Å²) in [5.74, 6) is 1.67. The van der Waals surface area contributed by atoms with Gasteiger partial charge < -0.3 is 15.1 Å². The van der Waals surface area contributed by atoms with Gasteiger partial charge in [-0.2, -0.15) is 0 Å². The fourth-order valence-electron chi connectivity index (χ4n) is 3.12. The SMILES string of the molecule is CC(O)C1C(=O)N2C(C(=O)O)=C(C(C(=O)NN)S(C)=O)CC12. The molecule has 122 valence electrons. The zero-order valence-corrected chi connectivity index (χ0v) is 12.8. The van der Waals surface area contributed by atoms with Crippen LogP contribution in [0.5, 0.6) is 0 Å². The number of amides is 2. The number of nitrogens with one attached hydrogen (secondary N) is 1. The molecule has 0 aromatic carbocycles. The molecule has 2 amide bonds. The van der Waals surface area contributed by atoms with Crippen LogP contribution in [0.3, 0.4) is 0 Å². The van der Waals surface area contributed by atoms with E-state index in [4.69, 9.17) is 5.84 Å². The van der Waals surface area contributed by atoms with E-state index < -0.39 is 51.9 Å². The van der Waals surface area contributed by atoms with Gasteiger partial charge in [0, 0.05) is 17.1 Å². The average molecular weight is 331 g/mol. The van der Waals surface area contributed by atoms with Crippen molar-refractivity contribution in [1.82, 2.24) is 10.3 Å². The van der Waals surface area contributed by atoms with E-state index in [1.807, 2.05) is 5.43 Å². The zero-order valence-electron chi connectivity index (χ0n) is 12.0. The number of carboxylic acids is 1. The third-order valence-electron chi connectivity index (χ3n) is 3.99. The van der Waals surface area contributed by atoms with Crippen LogP contribution in [0.15, 0.2) is 11.3 Å². The van der Waals surface area contributed by atoms with Gasteiger partial charge in [0.25, 0.3) is 5.91 Å². The number of carboxylic acid groups (broad SMARTS) is 1. The van der Waals surface area contributed by atoms with E-state index in [9.17, 15) is 28.8 Å². The normalized spacial score (nSPS) is 27.8. The van der Waals surface area contributed by atoms with Crippen molar-refractivity contribution in [2.75, 3.05) is 6.26 Å². The van der Waals surface area contributed by atoms with E-state index >= 15 is 0 Å². The van der Waals surface area contributed by atoms with Crippen molar-refractivity contribution >= 4 is 28.6 Å². The van der Waals surface area contributed by atoms with Crippen LogP contribution in [0, 0.1) is 5.92 Å². The molecule has 1 fully saturated rings. The lowest BCUT2D eigenvalue weighted by Crippen LogP contribution is -2.61. The second-order valence-corrected chi connectivity index (χ2v) is 6.78. The zero-order chi connectivity index (χ0) is 16.8. The molecule has 0 aromatic heterocycles.